The van der Waals surface area contributed by atoms with Crippen LogP contribution >= 0.6 is 0 Å². The molecule has 4 aliphatic rings. The number of hydrogen-bond donors (Lipinski definition) is 0. The molecule has 2 aromatic rings. The second kappa shape index (κ2) is 8.24. The molecule has 2 aromatic heterocycles. The lowest BCUT2D eigenvalue weighted by molar-refractivity contribution is 0.0325. The van der Waals surface area contributed by atoms with Gasteiger partial charge in [0, 0.05) is 43.6 Å². The van der Waals surface area contributed by atoms with E-state index in [9.17, 15) is 0 Å². The van der Waals surface area contributed by atoms with E-state index in [2.05, 4.69) is 64.5 Å². The SMILES string of the molecule is C=C1C=C(c2cc3c(CC)nc(C)cn3n2)N=C2C=CC(N3CCN(C4CCC4)[C@H](C)C3)=CN12. The lowest BCUT2D eigenvalue weighted by Crippen LogP contribution is -2.56. The van der Waals surface area contributed by atoms with Crippen molar-refractivity contribution in [2.45, 2.75) is 58.5 Å². The van der Waals surface area contributed by atoms with E-state index >= 15 is 0 Å². The van der Waals surface area contributed by atoms with Crippen molar-refractivity contribution >= 4 is 17.0 Å². The van der Waals surface area contributed by atoms with Gasteiger partial charge in [0.25, 0.3) is 0 Å². The van der Waals surface area contributed by atoms with Crippen molar-refractivity contribution in [3.05, 3.63) is 71.7 Å². The van der Waals surface area contributed by atoms with E-state index in [4.69, 9.17) is 10.1 Å². The predicted octanol–water partition coefficient (Wildman–Crippen LogP) is 4.14. The van der Waals surface area contributed by atoms with E-state index in [1.165, 1.54) is 25.0 Å². The van der Waals surface area contributed by atoms with Gasteiger partial charge in [0.1, 0.15) is 11.5 Å². The van der Waals surface area contributed by atoms with Crippen LogP contribution in [0.3, 0.4) is 0 Å². The number of hydrogen-bond acceptors (Lipinski definition) is 6. The second-order valence-corrected chi connectivity index (χ2v) is 9.91. The Hall–Kier alpha value is -3.19. The van der Waals surface area contributed by atoms with Gasteiger partial charge in [0.15, 0.2) is 0 Å². The lowest BCUT2D eigenvalue weighted by Gasteiger charge is -2.48. The summed E-state index contributed by atoms with van der Waals surface area (Å²) in [5.74, 6) is 0.884. The molecular formula is C27H33N7. The summed E-state index contributed by atoms with van der Waals surface area (Å²) < 4.78 is 1.92. The zero-order chi connectivity index (χ0) is 23.4. The van der Waals surface area contributed by atoms with E-state index in [1.54, 1.807) is 0 Å². The molecule has 0 radical (unpaired) electrons. The van der Waals surface area contributed by atoms with Crippen LogP contribution in [0.2, 0.25) is 0 Å². The van der Waals surface area contributed by atoms with Gasteiger partial charge in [-0.3, -0.25) is 9.88 Å². The van der Waals surface area contributed by atoms with E-state index in [1.807, 2.05) is 23.7 Å². The number of aliphatic imine (C=N–C) groups is 1. The Morgan fingerprint density at radius 1 is 1.18 bits per heavy atom. The Kier molecular flexibility index (Phi) is 5.17. The summed E-state index contributed by atoms with van der Waals surface area (Å²) in [5.41, 5.74) is 6.88. The first-order valence-corrected chi connectivity index (χ1v) is 12.6. The highest BCUT2D eigenvalue weighted by Gasteiger charge is 2.33. The normalized spacial score (nSPS) is 23.6. The lowest BCUT2D eigenvalue weighted by atomic mass is 9.89. The molecule has 2 fully saturated rings. The fourth-order valence-electron chi connectivity index (χ4n) is 5.54. The van der Waals surface area contributed by atoms with Crippen molar-refractivity contribution in [3.63, 3.8) is 0 Å². The summed E-state index contributed by atoms with van der Waals surface area (Å²) in [7, 11) is 0. The van der Waals surface area contributed by atoms with Gasteiger partial charge in [0.2, 0.25) is 0 Å². The maximum absolute atomic E-state index is 4.93. The number of rotatable bonds is 4. The first-order valence-electron chi connectivity index (χ1n) is 12.6. The maximum Gasteiger partial charge on any atom is 0.137 e. The van der Waals surface area contributed by atoms with Crippen molar-refractivity contribution in [2.75, 3.05) is 19.6 Å². The zero-order valence-corrected chi connectivity index (χ0v) is 20.4. The third-order valence-corrected chi connectivity index (χ3v) is 7.60. The smallest absolute Gasteiger partial charge is 0.137 e. The fraction of sp³-hybridized carbons (Fsp3) is 0.444. The van der Waals surface area contributed by atoms with Crippen LogP contribution in [0.15, 0.2) is 59.7 Å². The van der Waals surface area contributed by atoms with Gasteiger partial charge >= 0.3 is 0 Å². The monoisotopic (exact) mass is 455 g/mol. The Bertz CT molecular complexity index is 1270. The van der Waals surface area contributed by atoms with Gasteiger partial charge in [-0.1, -0.05) is 19.9 Å². The van der Waals surface area contributed by atoms with Crippen molar-refractivity contribution in [1.82, 2.24) is 29.3 Å². The molecule has 1 saturated carbocycles. The maximum atomic E-state index is 4.93. The number of allylic oxidation sites excluding steroid dienone is 2. The first kappa shape index (κ1) is 21.4. The standard InChI is InChI=1S/C27H33N7/c1-5-23-26-14-25(30-34(26)15-18(2)28-23)24-13-19(3)33-17-22(9-10-27(33)29-24)31-11-12-32(20(4)16-31)21-7-6-8-21/h9-10,13-15,17,20-21H,3,5-8,11-12,16H2,1-2,4H3/t20-/m1/s1. The molecule has 34 heavy (non-hydrogen) atoms. The Morgan fingerprint density at radius 2 is 2.03 bits per heavy atom. The summed E-state index contributed by atoms with van der Waals surface area (Å²) >= 11 is 0. The number of amidine groups is 1. The topological polar surface area (TPSA) is 52.3 Å². The zero-order valence-electron chi connectivity index (χ0n) is 20.4. The summed E-state index contributed by atoms with van der Waals surface area (Å²) in [4.78, 5) is 16.9. The molecular weight excluding hydrogens is 422 g/mol. The highest BCUT2D eigenvalue weighted by molar-refractivity contribution is 6.02. The third kappa shape index (κ3) is 3.59. The second-order valence-electron chi connectivity index (χ2n) is 9.91. The molecule has 0 N–H and O–H groups in total. The predicted molar refractivity (Wildman–Crippen MR) is 136 cm³/mol. The summed E-state index contributed by atoms with van der Waals surface area (Å²) in [5, 5.41) is 4.80. The van der Waals surface area contributed by atoms with Crippen LogP contribution in [0.25, 0.3) is 11.2 Å². The van der Waals surface area contributed by atoms with Crippen LogP contribution in [0.5, 0.6) is 0 Å². The fourth-order valence-corrected chi connectivity index (χ4v) is 5.54. The molecule has 5 heterocycles. The molecule has 1 saturated heterocycles. The molecule has 3 aliphatic heterocycles. The minimum absolute atomic E-state index is 0.584. The van der Waals surface area contributed by atoms with Crippen molar-refractivity contribution in [3.8, 4) is 0 Å². The van der Waals surface area contributed by atoms with E-state index in [0.29, 0.717) is 6.04 Å². The molecule has 176 valence electrons. The molecule has 0 aromatic carbocycles. The molecule has 0 bridgehead atoms. The molecule has 6 rings (SSSR count). The minimum Gasteiger partial charge on any atom is -0.367 e. The highest BCUT2D eigenvalue weighted by atomic mass is 15.3. The van der Waals surface area contributed by atoms with Crippen LogP contribution in [-0.2, 0) is 6.42 Å². The van der Waals surface area contributed by atoms with Crippen LogP contribution in [0, 0.1) is 6.92 Å². The summed E-state index contributed by atoms with van der Waals surface area (Å²) in [6.07, 6.45) is 15.5. The molecule has 7 nitrogen and oxygen atoms in total. The molecule has 1 atom stereocenters. The number of nitrogens with zero attached hydrogens (tertiary/aromatic N) is 7. The summed E-state index contributed by atoms with van der Waals surface area (Å²) in [6, 6.07) is 3.48. The van der Waals surface area contributed by atoms with Gasteiger partial charge in [-0.15, -0.1) is 0 Å². The third-order valence-electron chi connectivity index (χ3n) is 7.60. The van der Waals surface area contributed by atoms with Crippen LogP contribution in [0.1, 0.15) is 50.2 Å². The van der Waals surface area contributed by atoms with Gasteiger partial charge < -0.3 is 9.80 Å². The average molecular weight is 456 g/mol. The molecule has 7 heteroatoms. The Morgan fingerprint density at radius 3 is 2.76 bits per heavy atom. The van der Waals surface area contributed by atoms with Gasteiger partial charge in [-0.25, -0.2) is 9.51 Å². The number of piperazine rings is 1. The van der Waals surface area contributed by atoms with Gasteiger partial charge in [-0.05, 0) is 57.4 Å². The van der Waals surface area contributed by atoms with Gasteiger partial charge in [0.05, 0.1) is 34.5 Å². The quantitative estimate of drug-likeness (QED) is 0.694. The van der Waals surface area contributed by atoms with Gasteiger partial charge in [-0.2, -0.15) is 5.10 Å². The number of fused-ring (bicyclic) bond motifs is 2. The number of aromatic nitrogens is 3. The summed E-state index contributed by atoms with van der Waals surface area (Å²) in [6.45, 7) is 14.1. The van der Waals surface area contributed by atoms with E-state index < -0.39 is 0 Å². The van der Waals surface area contributed by atoms with Crippen LogP contribution in [0.4, 0.5) is 0 Å². The highest BCUT2D eigenvalue weighted by Crippen LogP contribution is 2.31. The largest absolute Gasteiger partial charge is 0.367 e. The Labute approximate surface area is 201 Å². The van der Waals surface area contributed by atoms with Crippen LogP contribution < -0.4 is 0 Å². The molecule has 0 spiro atoms. The van der Waals surface area contributed by atoms with Crippen LogP contribution in [-0.4, -0.2) is 66.9 Å². The first-order chi connectivity index (χ1) is 16.5. The average Bonchev–Trinajstić information content (AvgIpc) is 3.22. The molecule has 0 amide bonds. The van der Waals surface area contributed by atoms with E-state index in [-0.39, 0.29) is 0 Å². The van der Waals surface area contributed by atoms with E-state index in [0.717, 1.165) is 71.9 Å². The van der Waals surface area contributed by atoms with Crippen molar-refractivity contribution in [2.24, 2.45) is 4.99 Å². The molecule has 0 unspecified atom stereocenters. The Balaban J connectivity index is 1.22. The number of aryl methyl sites for hydroxylation is 2. The molecule has 1 aliphatic carbocycles. The van der Waals surface area contributed by atoms with Crippen molar-refractivity contribution in [1.29, 1.82) is 0 Å². The minimum atomic E-state index is 0.584. The van der Waals surface area contributed by atoms with Crippen molar-refractivity contribution < 1.29 is 0 Å².